The molecule has 3 aromatic rings. The smallest absolute Gasteiger partial charge is 0.272 e. The molecule has 1 aliphatic heterocycles. The average Bonchev–Trinajstić information content (AvgIpc) is 3.31. The SMILES string of the molecule is Cc1csc(SCC(=O)N2CCC([C@H](Cc3ccccc3)N(C)C(=O)c3ccccn3)CC2)n1. The highest BCUT2D eigenvalue weighted by Gasteiger charge is 2.33. The number of likely N-dealkylation sites (tertiary alicyclic amines) is 1. The van der Waals surface area contributed by atoms with Gasteiger partial charge in [0.15, 0.2) is 4.34 Å². The molecule has 1 aromatic carbocycles. The molecule has 1 aliphatic rings. The minimum Gasteiger partial charge on any atom is -0.342 e. The van der Waals surface area contributed by atoms with Crippen LogP contribution in [0.15, 0.2) is 64.4 Å². The van der Waals surface area contributed by atoms with E-state index in [1.807, 2.05) is 59.5 Å². The Hall–Kier alpha value is -2.71. The number of aromatic nitrogens is 2. The molecule has 1 fully saturated rings. The molecule has 1 atom stereocenters. The number of hydrogen-bond acceptors (Lipinski definition) is 6. The zero-order chi connectivity index (χ0) is 23.9. The van der Waals surface area contributed by atoms with Crippen molar-refractivity contribution in [3.63, 3.8) is 0 Å². The van der Waals surface area contributed by atoms with Crippen LogP contribution in [0.2, 0.25) is 0 Å². The van der Waals surface area contributed by atoms with E-state index < -0.39 is 0 Å². The molecule has 0 aliphatic carbocycles. The lowest BCUT2D eigenvalue weighted by Crippen LogP contribution is -2.48. The molecular weight excluding hydrogens is 464 g/mol. The van der Waals surface area contributed by atoms with E-state index in [1.54, 1.807) is 23.6 Å². The molecular formula is C26H30N4O2S2. The molecule has 0 spiro atoms. The number of thioether (sulfide) groups is 1. The fourth-order valence-electron chi connectivity index (χ4n) is 4.44. The number of piperidine rings is 1. The second kappa shape index (κ2) is 11.6. The first-order valence-corrected chi connectivity index (χ1v) is 13.4. The number of nitrogens with zero attached hydrogens (tertiary/aromatic N) is 4. The summed E-state index contributed by atoms with van der Waals surface area (Å²) < 4.78 is 0.943. The Balaban J connectivity index is 1.40. The molecule has 0 bridgehead atoms. The van der Waals surface area contributed by atoms with Gasteiger partial charge in [-0.3, -0.25) is 14.6 Å². The number of thiazole rings is 1. The third-order valence-corrected chi connectivity index (χ3v) is 8.47. The molecule has 178 valence electrons. The highest BCUT2D eigenvalue weighted by atomic mass is 32.2. The molecule has 2 amide bonds. The fourth-order valence-corrected chi connectivity index (χ4v) is 6.20. The van der Waals surface area contributed by atoms with Gasteiger partial charge in [-0.1, -0.05) is 48.2 Å². The summed E-state index contributed by atoms with van der Waals surface area (Å²) in [6.45, 7) is 3.41. The first-order valence-electron chi connectivity index (χ1n) is 11.6. The number of carbonyl (C=O) groups is 2. The molecule has 6 nitrogen and oxygen atoms in total. The van der Waals surface area contributed by atoms with Gasteiger partial charge in [0.25, 0.3) is 5.91 Å². The first-order chi connectivity index (χ1) is 16.5. The van der Waals surface area contributed by atoms with E-state index >= 15 is 0 Å². The highest BCUT2D eigenvalue weighted by molar-refractivity contribution is 8.01. The summed E-state index contributed by atoms with van der Waals surface area (Å²) in [6, 6.07) is 15.8. The van der Waals surface area contributed by atoms with Crippen molar-refractivity contribution in [1.82, 2.24) is 19.8 Å². The van der Waals surface area contributed by atoms with Crippen LogP contribution in [0.5, 0.6) is 0 Å². The van der Waals surface area contributed by atoms with Gasteiger partial charge >= 0.3 is 0 Å². The Labute approximate surface area is 209 Å². The third kappa shape index (κ3) is 6.24. The van der Waals surface area contributed by atoms with Crippen LogP contribution in [0, 0.1) is 12.8 Å². The number of likely N-dealkylation sites (N-methyl/N-ethyl adjacent to an activating group) is 1. The van der Waals surface area contributed by atoms with Gasteiger partial charge in [-0.05, 0) is 49.8 Å². The van der Waals surface area contributed by atoms with Crippen LogP contribution in [0.4, 0.5) is 0 Å². The van der Waals surface area contributed by atoms with Gasteiger partial charge in [0, 0.05) is 43.4 Å². The van der Waals surface area contributed by atoms with Crippen LogP contribution in [-0.4, -0.2) is 63.5 Å². The molecule has 3 heterocycles. The largest absolute Gasteiger partial charge is 0.342 e. The van der Waals surface area contributed by atoms with Crippen molar-refractivity contribution in [2.75, 3.05) is 25.9 Å². The summed E-state index contributed by atoms with van der Waals surface area (Å²) in [5.41, 5.74) is 2.67. The molecule has 0 radical (unpaired) electrons. The van der Waals surface area contributed by atoms with E-state index in [1.165, 1.54) is 17.3 Å². The van der Waals surface area contributed by atoms with Crippen molar-refractivity contribution < 1.29 is 9.59 Å². The number of aryl methyl sites for hydroxylation is 1. The Morgan fingerprint density at radius 2 is 1.88 bits per heavy atom. The Kier molecular flexibility index (Phi) is 8.34. The molecule has 2 aromatic heterocycles. The zero-order valence-electron chi connectivity index (χ0n) is 19.6. The number of hydrogen-bond donors (Lipinski definition) is 0. The lowest BCUT2D eigenvalue weighted by atomic mass is 9.85. The standard InChI is InChI=1S/C26H30N4O2S2/c1-19-17-33-26(28-19)34-18-24(31)30-14-11-21(12-15-30)23(16-20-8-4-3-5-9-20)29(2)25(32)22-10-6-7-13-27-22/h3-10,13,17,21,23H,11-12,14-16,18H2,1-2H3/t23-/m0/s1. The summed E-state index contributed by atoms with van der Waals surface area (Å²) >= 11 is 3.10. The van der Waals surface area contributed by atoms with Crippen molar-refractivity contribution in [2.45, 2.75) is 36.6 Å². The monoisotopic (exact) mass is 494 g/mol. The maximum Gasteiger partial charge on any atom is 0.272 e. The van der Waals surface area contributed by atoms with Crippen LogP contribution in [0.25, 0.3) is 0 Å². The number of rotatable bonds is 8. The first kappa shape index (κ1) is 24.4. The molecule has 0 saturated carbocycles. The lowest BCUT2D eigenvalue weighted by molar-refractivity contribution is -0.130. The van der Waals surface area contributed by atoms with Crippen LogP contribution in [-0.2, 0) is 11.2 Å². The Morgan fingerprint density at radius 3 is 2.53 bits per heavy atom. The molecule has 1 saturated heterocycles. The second-order valence-electron chi connectivity index (χ2n) is 8.65. The van der Waals surface area contributed by atoms with Crippen molar-refractivity contribution in [1.29, 1.82) is 0 Å². The number of amides is 2. The summed E-state index contributed by atoms with van der Waals surface area (Å²) in [6.07, 6.45) is 4.20. The summed E-state index contributed by atoms with van der Waals surface area (Å²) in [5, 5.41) is 2.01. The van der Waals surface area contributed by atoms with Crippen molar-refractivity contribution in [2.24, 2.45) is 5.92 Å². The van der Waals surface area contributed by atoms with Crippen molar-refractivity contribution in [3.8, 4) is 0 Å². The Bertz CT molecular complexity index is 1080. The minimum atomic E-state index is -0.0600. The van der Waals surface area contributed by atoms with Crippen LogP contribution in [0.1, 0.15) is 34.6 Å². The Morgan fingerprint density at radius 1 is 1.15 bits per heavy atom. The molecule has 34 heavy (non-hydrogen) atoms. The molecule has 0 unspecified atom stereocenters. The minimum absolute atomic E-state index is 0.0434. The highest BCUT2D eigenvalue weighted by Crippen LogP contribution is 2.28. The van der Waals surface area contributed by atoms with E-state index in [2.05, 4.69) is 22.1 Å². The van der Waals surface area contributed by atoms with E-state index in [0.29, 0.717) is 17.4 Å². The van der Waals surface area contributed by atoms with Crippen LogP contribution in [0.3, 0.4) is 0 Å². The fraction of sp³-hybridized carbons (Fsp3) is 0.385. The topological polar surface area (TPSA) is 66.4 Å². The van der Waals surface area contributed by atoms with E-state index in [0.717, 1.165) is 42.4 Å². The van der Waals surface area contributed by atoms with E-state index in [-0.39, 0.29) is 17.9 Å². The van der Waals surface area contributed by atoms with Crippen molar-refractivity contribution in [3.05, 3.63) is 77.1 Å². The predicted molar refractivity (Wildman–Crippen MR) is 137 cm³/mol. The average molecular weight is 495 g/mol. The van der Waals surface area contributed by atoms with Gasteiger partial charge in [0.2, 0.25) is 5.91 Å². The van der Waals surface area contributed by atoms with Gasteiger partial charge in [-0.25, -0.2) is 4.98 Å². The van der Waals surface area contributed by atoms with E-state index in [4.69, 9.17) is 0 Å². The maximum atomic E-state index is 13.2. The molecule has 8 heteroatoms. The van der Waals surface area contributed by atoms with Crippen molar-refractivity contribution >= 4 is 34.9 Å². The zero-order valence-corrected chi connectivity index (χ0v) is 21.2. The quantitative estimate of drug-likeness (QED) is 0.430. The normalized spacial score (nSPS) is 15.2. The van der Waals surface area contributed by atoms with Crippen LogP contribution >= 0.6 is 23.1 Å². The van der Waals surface area contributed by atoms with E-state index in [9.17, 15) is 9.59 Å². The summed E-state index contributed by atoms with van der Waals surface area (Å²) in [4.78, 5) is 38.5. The summed E-state index contributed by atoms with van der Waals surface area (Å²) in [5.74, 6) is 0.837. The molecule has 0 N–H and O–H groups in total. The van der Waals surface area contributed by atoms with Gasteiger partial charge in [-0.2, -0.15) is 0 Å². The van der Waals surface area contributed by atoms with Gasteiger partial charge in [0.1, 0.15) is 5.69 Å². The van der Waals surface area contributed by atoms with Gasteiger partial charge in [-0.15, -0.1) is 11.3 Å². The second-order valence-corrected chi connectivity index (χ2v) is 10.7. The van der Waals surface area contributed by atoms with Gasteiger partial charge in [0.05, 0.1) is 5.75 Å². The van der Waals surface area contributed by atoms with Crippen LogP contribution < -0.4 is 0 Å². The predicted octanol–water partition coefficient (Wildman–Crippen LogP) is 4.56. The number of pyridine rings is 1. The number of carbonyl (C=O) groups excluding carboxylic acids is 2. The van der Waals surface area contributed by atoms with Gasteiger partial charge < -0.3 is 9.80 Å². The summed E-state index contributed by atoms with van der Waals surface area (Å²) in [7, 11) is 1.88. The third-order valence-electron chi connectivity index (χ3n) is 6.34. The number of benzene rings is 1. The molecule has 4 rings (SSSR count). The maximum absolute atomic E-state index is 13.2. The lowest BCUT2D eigenvalue weighted by Gasteiger charge is -2.40.